The van der Waals surface area contributed by atoms with E-state index in [1.54, 1.807) is 10.9 Å². The van der Waals surface area contributed by atoms with Gasteiger partial charge in [-0.25, -0.2) is 0 Å². The van der Waals surface area contributed by atoms with E-state index in [-0.39, 0.29) is 18.5 Å². The predicted molar refractivity (Wildman–Crippen MR) is 76.9 cm³/mol. The van der Waals surface area contributed by atoms with Gasteiger partial charge in [-0.1, -0.05) is 16.8 Å². The Hall–Kier alpha value is -1.82. The fourth-order valence-electron chi connectivity index (χ4n) is 2.99. The SMILES string of the molecule is Cc1noc(C)c1[C@H]1CCCN1C(=O)Cn1cc(Cl)cn1. The number of carbonyl (C=O) groups is 1. The van der Waals surface area contributed by atoms with Crippen molar-refractivity contribution in [2.45, 2.75) is 39.3 Å². The van der Waals surface area contributed by atoms with E-state index in [1.165, 1.54) is 6.20 Å². The Balaban J connectivity index is 1.79. The summed E-state index contributed by atoms with van der Waals surface area (Å²) >= 11 is 5.83. The number of aryl methyl sites for hydroxylation is 2. The molecule has 0 N–H and O–H groups in total. The first-order valence-corrected chi connectivity index (χ1v) is 7.34. The van der Waals surface area contributed by atoms with Crippen LogP contribution in [-0.4, -0.2) is 32.3 Å². The van der Waals surface area contributed by atoms with E-state index in [0.29, 0.717) is 5.02 Å². The molecule has 0 spiro atoms. The highest BCUT2D eigenvalue weighted by atomic mass is 35.5. The van der Waals surface area contributed by atoms with Gasteiger partial charge < -0.3 is 9.42 Å². The molecule has 21 heavy (non-hydrogen) atoms. The van der Waals surface area contributed by atoms with Crippen LogP contribution in [0.15, 0.2) is 16.9 Å². The van der Waals surface area contributed by atoms with Crippen LogP contribution in [0.25, 0.3) is 0 Å². The average Bonchev–Trinajstić information content (AvgIpc) is 3.12. The molecule has 3 heterocycles. The molecular formula is C14H17ClN4O2. The molecule has 7 heteroatoms. The van der Waals surface area contributed by atoms with Crippen molar-refractivity contribution in [1.29, 1.82) is 0 Å². The van der Waals surface area contributed by atoms with Gasteiger partial charge in [0.2, 0.25) is 5.91 Å². The molecule has 1 amide bonds. The van der Waals surface area contributed by atoms with Crippen molar-refractivity contribution in [2.75, 3.05) is 6.54 Å². The molecule has 6 nitrogen and oxygen atoms in total. The van der Waals surface area contributed by atoms with Crippen LogP contribution in [0.3, 0.4) is 0 Å². The predicted octanol–water partition coefficient (Wildman–Crippen LogP) is 2.51. The van der Waals surface area contributed by atoms with Gasteiger partial charge in [-0.3, -0.25) is 9.48 Å². The molecule has 0 aliphatic carbocycles. The summed E-state index contributed by atoms with van der Waals surface area (Å²) in [7, 11) is 0. The minimum Gasteiger partial charge on any atom is -0.361 e. The Bertz CT molecular complexity index is 644. The summed E-state index contributed by atoms with van der Waals surface area (Å²) in [4.78, 5) is 14.4. The molecule has 0 unspecified atom stereocenters. The monoisotopic (exact) mass is 308 g/mol. The number of nitrogens with zero attached hydrogens (tertiary/aromatic N) is 4. The first-order chi connectivity index (χ1) is 10.1. The molecule has 1 fully saturated rings. The lowest BCUT2D eigenvalue weighted by Crippen LogP contribution is -2.33. The van der Waals surface area contributed by atoms with Crippen molar-refractivity contribution in [3.63, 3.8) is 0 Å². The van der Waals surface area contributed by atoms with Crippen molar-refractivity contribution in [2.24, 2.45) is 0 Å². The number of rotatable bonds is 3. The van der Waals surface area contributed by atoms with E-state index in [9.17, 15) is 4.79 Å². The van der Waals surface area contributed by atoms with Gasteiger partial charge in [0.05, 0.1) is 23.0 Å². The first-order valence-electron chi connectivity index (χ1n) is 6.96. The second-order valence-corrected chi connectivity index (χ2v) is 5.78. The summed E-state index contributed by atoms with van der Waals surface area (Å²) in [5.74, 6) is 0.830. The molecular weight excluding hydrogens is 292 g/mol. The number of aromatic nitrogens is 3. The van der Waals surface area contributed by atoms with Crippen LogP contribution >= 0.6 is 11.6 Å². The summed E-state index contributed by atoms with van der Waals surface area (Å²) in [6.45, 7) is 4.76. The van der Waals surface area contributed by atoms with Gasteiger partial charge in [-0.15, -0.1) is 0 Å². The number of carbonyl (C=O) groups excluding carboxylic acids is 1. The van der Waals surface area contributed by atoms with Crippen molar-refractivity contribution in [1.82, 2.24) is 19.8 Å². The highest BCUT2D eigenvalue weighted by Crippen LogP contribution is 2.35. The van der Waals surface area contributed by atoms with Gasteiger partial charge >= 0.3 is 0 Å². The molecule has 0 radical (unpaired) electrons. The standard InChI is InChI=1S/C14H17ClN4O2/c1-9-14(10(2)21-17-9)12-4-3-5-19(12)13(20)8-18-7-11(15)6-16-18/h6-7,12H,3-5,8H2,1-2H3/t12-/m1/s1. The van der Waals surface area contributed by atoms with E-state index < -0.39 is 0 Å². The number of hydrogen-bond donors (Lipinski definition) is 0. The van der Waals surface area contributed by atoms with Gasteiger partial charge in [0.15, 0.2) is 0 Å². The Morgan fingerprint density at radius 3 is 2.95 bits per heavy atom. The number of likely N-dealkylation sites (tertiary alicyclic amines) is 1. The van der Waals surface area contributed by atoms with Crippen LogP contribution in [0.4, 0.5) is 0 Å². The third-order valence-corrected chi connectivity index (χ3v) is 4.09. The fourth-order valence-corrected chi connectivity index (χ4v) is 3.14. The maximum absolute atomic E-state index is 12.5. The molecule has 2 aromatic rings. The van der Waals surface area contributed by atoms with Gasteiger partial charge in [0.25, 0.3) is 0 Å². The number of amides is 1. The summed E-state index contributed by atoms with van der Waals surface area (Å²) in [5.41, 5.74) is 1.90. The van der Waals surface area contributed by atoms with Gasteiger partial charge in [-0.2, -0.15) is 5.10 Å². The molecule has 0 bridgehead atoms. The van der Waals surface area contributed by atoms with Crippen LogP contribution in [0.2, 0.25) is 5.02 Å². The molecule has 0 saturated carbocycles. The quantitative estimate of drug-likeness (QED) is 0.874. The van der Waals surface area contributed by atoms with Crippen molar-refractivity contribution in [3.05, 3.63) is 34.4 Å². The Morgan fingerprint density at radius 2 is 2.33 bits per heavy atom. The van der Waals surface area contributed by atoms with E-state index in [2.05, 4.69) is 10.3 Å². The normalized spacial score (nSPS) is 18.4. The Morgan fingerprint density at radius 1 is 1.52 bits per heavy atom. The van der Waals surface area contributed by atoms with Crippen molar-refractivity contribution >= 4 is 17.5 Å². The van der Waals surface area contributed by atoms with E-state index >= 15 is 0 Å². The summed E-state index contributed by atoms with van der Waals surface area (Å²) in [6.07, 6.45) is 5.11. The molecule has 1 aliphatic heterocycles. The zero-order chi connectivity index (χ0) is 15.0. The lowest BCUT2D eigenvalue weighted by Gasteiger charge is -2.24. The second-order valence-electron chi connectivity index (χ2n) is 5.34. The van der Waals surface area contributed by atoms with Crippen molar-refractivity contribution in [3.8, 4) is 0 Å². The highest BCUT2D eigenvalue weighted by Gasteiger charge is 2.33. The lowest BCUT2D eigenvalue weighted by atomic mass is 10.0. The Labute approximate surface area is 127 Å². The molecule has 3 rings (SSSR count). The zero-order valence-corrected chi connectivity index (χ0v) is 12.8. The zero-order valence-electron chi connectivity index (χ0n) is 12.0. The van der Waals surface area contributed by atoms with Crippen LogP contribution in [0.5, 0.6) is 0 Å². The van der Waals surface area contributed by atoms with E-state index in [0.717, 1.165) is 36.4 Å². The first kappa shape index (κ1) is 14.1. The lowest BCUT2D eigenvalue weighted by molar-refractivity contribution is -0.133. The van der Waals surface area contributed by atoms with Crippen LogP contribution in [0, 0.1) is 13.8 Å². The molecule has 1 saturated heterocycles. The second kappa shape index (κ2) is 5.52. The largest absolute Gasteiger partial charge is 0.361 e. The molecule has 0 aromatic carbocycles. The maximum atomic E-state index is 12.5. The number of halogens is 1. The summed E-state index contributed by atoms with van der Waals surface area (Å²) < 4.78 is 6.80. The van der Waals surface area contributed by atoms with Gasteiger partial charge in [-0.05, 0) is 26.7 Å². The fraction of sp³-hybridized carbons (Fsp3) is 0.500. The third-order valence-electron chi connectivity index (χ3n) is 3.89. The summed E-state index contributed by atoms with van der Waals surface area (Å²) in [6, 6.07) is 0.0507. The summed E-state index contributed by atoms with van der Waals surface area (Å²) in [5, 5.41) is 8.58. The number of hydrogen-bond acceptors (Lipinski definition) is 4. The van der Waals surface area contributed by atoms with E-state index in [4.69, 9.17) is 16.1 Å². The van der Waals surface area contributed by atoms with Crippen LogP contribution in [0.1, 0.15) is 35.9 Å². The van der Waals surface area contributed by atoms with Crippen LogP contribution in [-0.2, 0) is 11.3 Å². The smallest absolute Gasteiger partial charge is 0.244 e. The highest BCUT2D eigenvalue weighted by molar-refractivity contribution is 6.30. The molecule has 1 atom stereocenters. The average molecular weight is 309 g/mol. The van der Waals surface area contributed by atoms with E-state index in [1.807, 2.05) is 18.7 Å². The molecule has 1 aliphatic rings. The maximum Gasteiger partial charge on any atom is 0.244 e. The topological polar surface area (TPSA) is 64.2 Å². The van der Waals surface area contributed by atoms with Gasteiger partial charge in [0, 0.05) is 18.3 Å². The minimum absolute atomic E-state index is 0.0391. The third kappa shape index (κ3) is 2.68. The van der Waals surface area contributed by atoms with Gasteiger partial charge in [0.1, 0.15) is 12.3 Å². The molecule has 112 valence electrons. The van der Waals surface area contributed by atoms with Crippen molar-refractivity contribution < 1.29 is 9.32 Å². The van der Waals surface area contributed by atoms with Crippen LogP contribution < -0.4 is 0 Å². The Kier molecular flexibility index (Phi) is 3.71. The minimum atomic E-state index is 0.0391. The molecule has 2 aromatic heterocycles.